The summed E-state index contributed by atoms with van der Waals surface area (Å²) >= 11 is 5.52. The number of H-pyrrole nitrogens is 1. The fourth-order valence-corrected chi connectivity index (χ4v) is 1.15. The summed E-state index contributed by atoms with van der Waals surface area (Å²) in [5.74, 6) is -0.347. The maximum Gasteiger partial charge on any atom is 0.292 e. The predicted molar refractivity (Wildman–Crippen MR) is 43.5 cm³/mol. The molecule has 0 aromatic carbocycles. The highest BCUT2D eigenvalue weighted by Gasteiger charge is 2.05. The summed E-state index contributed by atoms with van der Waals surface area (Å²) in [4.78, 5) is 13.2. The van der Waals surface area contributed by atoms with Crippen molar-refractivity contribution in [2.24, 2.45) is 0 Å². The smallest absolute Gasteiger partial charge is 0.292 e. The van der Waals surface area contributed by atoms with Crippen LogP contribution >= 0.6 is 11.6 Å². The van der Waals surface area contributed by atoms with Gasteiger partial charge in [-0.25, -0.2) is 0 Å². The summed E-state index contributed by atoms with van der Waals surface area (Å²) in [6.07, 6.45) is 0. The molecule has 0 radical (unpaired) electrons. The van der Waals surface area contributed by atoms with Gasteiger partial charge in [-0.2, -0.15) is 0 Å². The van der Waals surface area contributed by atoms with Gasteiger partial charge in [0.25, 0.3) is 5.56 Å². The molecule has 0 aliphatic carbocycles. The predicted octanol–water partition coefficient (Wildman–Crippen LogP) is 1.48. The van der Waals surface area contributed by atoms with Crippen LogP contribution in [-0.4, -0.2) is 10.1 Å². The summed E-state index contributed by atoms with van der Waals surface area (Å²) in [7, 11) is 0. The number of aromatic hydroxyl groups is 1. The highest BCUT2D eigenvalue weighted by molar-refractivity contribution is 6.29. The first-order valence-electron chi connectivity index (χ1n) is 3.18. The zero-order chi connectivity index (χ0) is 8.72. The van der Waals surface area contributed by atoms with Crippen LogP contribution in [0.15, 0.2) is 21.3 Å². The van der Waals surface area contributed by atoms with E-state index < -0.39 is 5.56 Å². The molecule has 2 N–H and O–H groups in total. The Morgan fingerprint density at radius 2 is 2.25 bits per heavy atom. The van der Waals surface area contributed by atoms with Crippen LogP contribution in [0.1, 0.15) is 0 Å². The summed E-state index contributed by atoms with van der Waals surface area (Å²) in [5.41, 5.74) is -0.323. The van der Waals surface area contributed by atoms with Gasteiger partial charge in [-0.15, -0.1) is 0 Å². The molecule has 2 aromatic heterocycles. The summed E-state index contributed by atoms with van der Waals surface area (Å²) in [6, 6.07) is 2.80. The molecule has 0 aliphatic rings. The van der Waals surface area contributed by atoms with Crippen LogP contribution in [0.2, 0.25) is 5.22 Å². The average Bonchev–Trinajstić information content (AvgIpc) is 2.30. The van der Waals surface area contributed by atoms with Crippen molar-refractivity contribution in [3.63, 3.8) is 0 Å². The average molecular weight is 186 g/mol. The Labute approximate surface area is 71.4 Å². The molecule has 62 valence electrons. The lowest BCUT2D eigenvalue weighted by atomic mass is 10.3. The van der Waals surface area contributed by atoms with Crippen molar-refractivity contribution in [2.45, 2.75) is 0 Å². The Balaban J connectivity index is 2.92. The summed E-state index contributed by atoms with van der Waals surface area (Å²) in [6.45, 7) is 0. The van der Waals surface area contributed by atoms with Gasteiger partial charge < -0.3 is 9.52 Å². The minimum Gasteiger partial charge on any atom is -0.503 e. The van der Waals surface area contributed by atoms with Gasteiger partial charge in [-0.3, -0.25) is 9.78 Å². The van der Waals surface area contributed by atoms with Crippen molar-refractivity contribution in [2.75, 3.05) is 0 Å². The van der Waals surface area contributed by atoms with E-state index in [2.05, 4.69) is 4.98 Å². The fraction of sp³-hybridized carbons (Fsp3) is 0. The van der Waals surface area contributed by atoms with Gasteiger partial charge in [0.2, 0.25) is 5.71 Å². The largest absolute Gasteiger partial charge is 0.503 e. The molecule has 12 heavy (non-hydrogen) atoms. The molecule has 0 aliphatic heterocycles. The van der Waals surface area contributed by atoms with Gasteiger partial charge in [0.15, 0.2) is 11.0 Å². The van der Waals surface area contributed by atoms with E-state index in [1.54, 1.807) is 0 Å². The lowest BCUT2D eigenvalue weighted by Crippen LogP contribution is -2.02. The van der Waals surface area contributed by atoms with Crippen molar-refractivity contribution in [1.82, 2.24) is 4.98 Å². The van der Waals surface area contributed by atoms with Crippen LogP contribution in [0.3, 0.4) is 0 Å². The highest BCUT2D eigenvalue weighted by atomic mass is 35.5. The van der Waals surface area contributed by atoms with E-state index in [-0.39, 0.29) is 16.7 Å². The fourth-order valence-electron chi connectivity index (χ4n) is 0.959. The third-order valence-corrected chi connectivity index (χ3v) is 1.67. The number of aromatic amines is 1. The molecule has 5 heteroatoms. The molecule has 0 saturated carbocycles. The SMILES string of the molecule is O=c1[nH]c2oc(Cl)cc2cc1O. The topological polar surface area (TPSA) is 66.2 Å². The minimum atomic E-state index is -0.589. The molecule has 0 fully saturated rings. The molecule has 0 spiro atoms. The van der Waals surface area contributed by atoms with Crippen LogP contribution in [0.25, 0.3) is 11.1 Å². The van der Waals surface area contributed by atoms with Gasteiger partial charge in [0.05, 0.1) is 0 Å². The molecule has 2 aromatic rings. The standard InChI is InChI=1S/C7H4ClNO3/c8-5-2-3-1-4(10)6(11)9-7(3)12-5/h1-2,10H,(H,9,11). The van der Waals surface area contributed by atoms with E-state index in [0.717, 1.165) is 0 Å². The van der Waals surface area contributed by atoms with Gasteiger partial charge in [0, 0.05) is 11.5 Å². The molecule has 2 rings (SSSR count). The molecule has 0 atom stereocenters. The van der Waals surface area contributed by atoms with Crippen molar-refractivity contribution in [3.05, 3.63) is 27.7 Å². The lowest BCUT2D eigenvalue weighted by molar-refractivity contribution is 0.466. The quantitative estimate of drug-likeness (QED) is 0.653. The van der Waals surface area contributed by atoms with E-state index >= 15 is 0 Å². The van der Waals surface area contributed by atoms with Gasteiger partial charge in [0.1, 0.15) is 0 Å². The van der Waals surface area contributed by atoms with Crippen molar-refractivity contribution >= 4 is 22.7 Å². The highest BCUT2D eigenvalue weighted by Crippen LogP contribution is 2.21. The first kappa shape index (κ1) is 7.24. The Bertz CT molecular complexity index is 485. The Morgan fingerprint density at radius 3 is 3.00 bits per heavy atom. The number of aromatic nitrogens is 1. The van der Waals surface area contributed by atoms with Crippen LogP contribution in [0.4, 0.5) is 0 Å². The summed E-state index contributed by atoms with van der Waals surface area (Å²) in [5, 5.41) is 9.74. The lowest BCUT2D eigenvalue weighted by Gasteiger charge is -1.88. The molecule has 0 bridgehead atoms. The maximum atomic E-state index is 10.8. The third-order valence-electron chi connectivity index (χ3n) is 1.48. The number of furan rings is 1. The van der Waals surface area contributed by atoms with E-state index in [4.69, 9.17) is 21.1 Å². The number of hydrogen-bond donors (Lipinski definition) is 2. The number of nitrogens with one attached hydrogen (secondary N) is 1. The second kappa shape index (κ2) is 2.28. The Hall–Kier alpha value is -1.42. The number of pyridine rings is 1. The molecular formula is C7H4ClNO3. The van der Waals surface area contributed by atoms with E-state index in [0.29, 0.717) is 5.39 Å². The van der Waals surface area contributed by atoms with Crippen molar-refractivity contribution in [3.8, 4) is 5.75 Å². The number of rotatable bonds is 0. The molecule has 4 nitrogen and oxygen atoms in total. The molecular weight excluding hydrogens is 182 g/mol. The van der Waals surface area contributed by atoms with E-state index in [1.807, 2.05) is 0 Å². The number of hydrogen-bond acceptors (Lipinski definition) is 3. The Kier molecular flexibility index (Phi) is 1.38. The normalized spacial score (nSPS) is 10.8. The number of halogens is 1. The molecule has 0 unspecified atom stereocenters. The van der Waals surface area contributed by atoms with Gasteiger partial charge in [-0.05, 0) is 17.7 Å². The van der Waals surface area contributed by atoms with Crippen molar-refractivity contribution < 1.29 is 9.52 Å². The zero-order valence-corrected chi connectivity index (χ0v) is 6.55. The maximum absolute atomic E-state index is 10.8. The van der Waals surface area contributed by atoms with Crippen LogP contribution in [0.5, 0.6) is 5.75 Å². The van der Waals surface area contributed by atoms with Crippen molar-refractivity contribution in [1.29, 1.82) is 0 Å². The first-order chi connectivity index (χ1) is 5.66. The molecule has 2 heterocycles. The van der Waals surface area contributed by atoms with Gasteiger partial charge >= 0.3 is 0 Å². The second-order valence-electron chi connectivity index (χ2n) is 2.32. The summed E-state index contributed by atoms with van der Waals surface area (Å²) < 4.78 is 4.90. The van der Waals surface area contributed by atoms with E-state index in [9.17, 15) is 4.79 Å². The Morgan fingerprint density at radius 1 is 1.50 bits per heavy atom. The molecule has 0 saturated heterocycles. The van der Waals surface area contributed by atoms with Gasteiger partial charge in [-0.1, -0.05) is 0 Å². The van der Waals surface area contributed by atoms with Crippen LogP contribution in [-0.2, 0) is 0 Å². The van der Waals surface area contributed by atoms with Crippen LogP contribution in [0, 0.1) is 0 Å². The second-order valence-corrected chi connectivity index (χ2v) is 2.69. The molecule has 0 amide bonds. The number of fused-ring (bicyclic) bond motifs is 1. The van der Waals surface area contributed by atoms with E-state index in [1.165, 1.54) is 12.1 Å². The monoisotopic (exact) mass is 185 g/mol. The minimum absolute atomic E-state index is 0.172. The third kappa shape index (κ3) is 0.967. The van der Waals surface area contributed by atoms with Crippen LogP contribution < -0.4 is 5.56 Å². The zero-order valence-electron chi connectivity index (χ0n) is 5.80. The first-order valence-corrected chi connectivity index (χ1v) is 3.56.